The maximum absolute atomic E-state index is 5.65. The Balaban J connectivity index is 2.30. The Labute approximate surface area is 89.1 Å². The molecule has 0 amide bonds. The number of rotatable bonds is 2. The van der Waals surface area contributed by atoms with Crippen molar-refractivity contribution in [3.8, 4) is 0 Å². The van der Waals surface area contributed by atoms with E-state index >= 15 is 0 Å². The van der Waals surface area contributed by atoms with Gasteiger partial charge < -0.3 is 15.5 Å². The molecule has 2 rings (SSSR count). The van der Waals surface area contributed by atoms with Crippen LogP contribution in [0.2, 0.25) is 0 Å². The molecule has 0 aliphatic carbocycles. The number of nitrogen functional groups attached to an aromatic ring is 1. The fourth-order valence-corrected chi connectivity index (χ4v) is 1.63. The minimum absolute atomic E-state index is 0.288. The van der Waals surface area contributed by atoms with Crippen LogP contribution in [0.25, 0.3) is 0 Å². The largest absolute Gasteiger partial charge is 0.368 e. The molecular formula is C9H16N6. The summed E-state index contributed by atoms with van der Waals surface area (Å²) in [7, 11) is 3.78. The first-order valence-electron chi connectivity index (χ1n) is 5.10. The van der Waals surface area contributed by atoms with E-state index in [1.807, 2.05) is 19.0 Å². The van der Waals surface area contributed by atoms with Crippen LogP contribution in [-0.2, 0) is 0 Å². The van der Waals surface area contributed by atoms with Crippen LogP contribution >= 0.6 is 0 Å². The molecule has 0 unspecified atom stereocenters. The number of hydrogen-bond acceptors (Lipinski definition) is 6. The van der Waals surface area contributed by atoms with E-state index in [-0.39, 0.29) is 5.95 Å². The van der Waals surface area contributed by atoms with E-state index < -0.39 is 0 Å². The predicted molar refractivity (Wildman–Crippen MR) is 60.0 cm³/mol. The molecule has 0 atom stereocenters. The molecule has 0 spiro atoms. The minimum Gasteiger partial charge on any atom is -0.368 e. The summed E-state index contributed by atoms with van der Waals surface area (Å²) in [5.74, 6) is 1.60. The van der Waals surface area contributed by atoms with E-state index in [0.717, 1.165) is 13.1 Å². The van der Waals surface area contributed by atoms with Gasteiger partial charge in [-0.2, -0.15) is 15.0 Å². The van der Waals surface area contributed by atoms with Gasteiger partial charge >= 0.3 is 0 Å². The topological polar surface area (TPSA) is 71.2 Å². The van der Waals surface area contributed by atoms with Gasteiger partial charge in [-0.25, -0.2) is 0 Å². The number of nitrogens with zero attached hydrogens (tertiary/aromatic N) is 5. The molecule has 0 radical (unpaired) electrons. The third-order valence-electron chi connectivity index (χ3n) is 2.42. The highest BCUT2D eigenvalue weighted by atomic mass is 15.3. The minimum atomic E-state index is 0.288. The summed E-state index contributed by atoms with van der Waals surface area (Å²) in [4.78, 5) is 16.6. The summed E-state index contributed by atoms with van der Waals surface area (Å²) in [6, 6.07) is 0. The van der Waals surface area contributed by atoms with E-state index in [0.29, 0.717) is 11.9 Å². The molecule has 0 bridgehead atoms. The fourth-order valence-electron chi connectivity index (χ4n) is 1.63. The van der Waals surface area contributed by atoms with Crippen LogP contribution in [0.1, 0.15) is 12.8 Å². The van der Waals surface area contributed by atoms with Crippen molar-refractivity contribution in [2.75, 3.05) is 42.7 Å². The van der Waals surface area contributed by atoms with Crippen LogP contribution in [0.3, 0.4) is 0 Å². The Morgan fingerprint density at radius 3 is 2.40 bits per heavy atom. The first kappa shape index (κ1) is 9.95. The highest BCUT2D eigenvalue weighted by Crippen LogP contribution is 2.18. The Bertz CT molecular complexity index is 344. The molecular weight excluding hydrogens is 192 g/mol. The van der Waals surface area contributed by atoms with Gasteiger partial charge in [-0.15, -0.1) is 0 Å². The number of anilines is 3. The molecule has 15 heavy (non-hydrogen) atoms. The van der Waals surface area contributed by atoms with Crippen molar-refractivity contribution >= 4 is 17.8 Å². The smallest absolute Gasteiger partial charge is 0.231 e. The van der Waals surface area contributed by atoms with Crippen molar-refractivity contribution in [3.63, 3.8) is 0 Å². The predicted octanol–water partition coefficient (Wildman–Crippen LogP) is 0.120. The van der Waals surface area contributed by atoms with Crippen molar-refractivity contribution in [2.45, 2.75) is 12.8 Å². The molecule has 6 heteroatoms. The molecule has 1 aliphatic rings. The van der Waals surface area contributed by atoms with Crippen molar-refractivity contribution < 1.29 is 0 Å². The number of aromatic nitrogens is 3. The molecule has 2 heterocycles. The second-order valence-electron chi connectivity index (χ2n) is 3.88. The standard InChI is InChI=1S/C9H16N6/c1-14(2)8-11-7(10)12-9(13-8)15-5-3-4-6-15/h3-6H2,1-2H3,(H2,10,11,12,13). The average molecular weight is 208 g/mol. The summed E-state index contributed by atoms with van der Waals surface area (Å²) >= 11 is 0. The van der Waals surface area contributed by atoms with E-state index in [1.165, 1.54) is 12.8 Å². The maximum atomic E-state index is 5.65. The molecule has 1 saturated heterocycles. The Hall–Kier alpha value is -1.59. The summed E-state index contributed by atoms with van der Waals surface area (Å²) in [6.07, 6.45) is 2.39. The molecule has 1 fully saturated rings. The van der Waals surface area contributed by atoms with Gasteiger partial charge in [0.05, 0.1) is 0 Å². The quantitative estimate of drug-likeness (QED) is 0.744. The molecule has 1 aromatic rings. The second-order valence-corrected chi connectivity index (χ2v) is 3.88. The highest BCUT2D eigenvalue weighted by molar-refractivity contribution is 5.43. The van der Waals surface area contributed by atoms with E-state index in [1.54, 1.807) is 0 Å². The van der Waals surface area contributed by atoms with Crippen molar-refractivity contribution in [1.29, 1.82) is 0 Å². The molecule has 82 valence electrons. The highest BCUT2D eigenvalue weighted by Gasteiger charge is 2.16. The third kappa shape index (κ3) is 2.08. The van der Waals surface area contributed by atoms with Gasteiger partial charge in [0.2, 0.25) is 17.8 Å². The second kappa shape index (κ2) is 3.88. The van der Waals surface area contributed by atoms with Gasteiger partial charge in [0.25, 0.3) is 0 Å². The number of hydrogen-bond donors (Lipinski definition) is 1. The van der Waals surface area contributed by atoms with E-state index in [4.69, 9.17) is 5.73 Å². The van der Waals surface area contributed by atoms with Gasteiger partial charge in [0.1, 0.15) is 0 Å². The van der Waals surface area contributed by atoms with Crippen molar-refractivity contribution in [1.82, 2.24) is 15.0 Å². The van der Waals surface area contributed by atoms with Gasteiger partial charge in [0.15, 0.2) is 0 Å². The van der Waals surface area contributed by atoms with Crippen LogP contribution in [0.4, 0.5) is 17.8 Å². The summed E-state index contributed by atoms with van der Waals surface area (Å²) < 4.78 is 0. The Morgan fingerprint density at radius 2 is 1.80 bits per heavy atom. The normalized spacial score (nSPS) is 15.7. The van der Waals surface area contributed by atoms with Gasteiger partial charge in [0, 0.05) is 27.2 Å². The lowest BCUT2D eigenvalue weighted by Crippen LogP contribution is -2.23. The SMILES string of the molecule is CN(C)c1nc(N)nc(N2CCCC2)n1. The monoisotopic (exact) mass is 208 g/mol. The maximum Gasteiger partial charge on any atom is 0.231 e. The lowest BCUT2D eigenvalue weighted by Gasteiger charge is -2.17. The summed E-state index contributed by atoms with van der Waals surface area (Å²) in [5, 5.41) is 0. The zero-order valence-electron chi connectivity index (χ0n) is 9.14. The number of nitrogens with two attached hydrogens (primary N) is 1. The van der Waals surface area contributed by atoms with E-state index in [9.17, 15) is 0 Å². The lowest BCUT2D eigenvalue weighted by molar-refractivity contribution is 0.869. The van der Waals surface area contributed by atoms with Gasteiger partial charge in [-0.3, -0.25) is 0 Å². The molecule has 1 aliphatic heterocycles. The van der Waals surface area contributed by atoms with E-state index in [2.05, 4.69) is 19.9 Å². The van der Waals surface area contributed by atoms with Crippen LogP contribution in [-0.4, -0.2) is 42.1 Å². The third-order valence-corrected chi connectivity index (χ3v) is 2.42. The first-order valence-corrected chi connectivity index (χ1v) is 5.10. The molecule has 1 aromatic heterocycles. The van der Waals surface area contributed by atoms with Crippen LogP contribution in [0.15, 0.2) is 0 Å². The molecule has 6 nitrogen and oxygen atoms in total. The van der Waals surface area contributed by atoms with Crippen molar-refractivity contribution in [3.05, 3.63) is 0 Å². The van der Waals surface area contributed by atoms with Crippen LogP contribution in [0.5, 0.6) is 0 Å². The lowest BCUT2D eigenvalue weighted by atomic mass is 10.4. The zero-order valence-corrected chi connectivity index (χ0v) is 9.14. The van der Waals surface area contributed by atoms with Crippen LogP contribution in [0, 0.1) is 0 Å². The average Bonchev–Trinajstić information content (AvgIpc) is 2.69. The first-order chi connectivity index (χ1) is 7.16. The summed E-state index contributed by atoms with van der Waals surface area (Å²) in [6.45, 7) is 2.02. The molecule has 0 saturated carbocycles. The molecule has 2 N–H and O–H groups in total. The summed E-state index contributed by atoms with van der Waals surface area (Å²) in [5.41, 5.74) is 5.65. The van der Waals surface area contributed by atoms with Crippen LogP contribution < -0.4 is 15.5 Å². The van der Waals surface area contributed by atoms with Gasteiger partial charge in [-0.1, -0.05) is 0 Å². The zero-order chi connectivity index (χ0) is 10.8. The Morgan fingerprint density at radius 1 is 1.13 bits per heavy atom. The fraction of sp³-hybridized carbons (Fsp3) is 0.667. The Kier molecular flexibility index (Phi) is 2.57. The van der Waals surface area contributed by atoms with Crippen molar-refractivity contribution in [2.24, 2.45) is 0 Å². The van der Waals surface area contributed by atoms with Gasteiger partial charge in [-0.05, 0) is 12.8 Å². The molecule has 0 aromatic carbocycles.